The summed E-state index contributed by atoms with van der Waals surface area (Å²) in [5, 5.41) is 0. The fraction of sp³-hybridized carbons (Fsp3) is 0.154. The molecule has 160 valence electrons. The lowest BCUT2D eigenvalue weighted by Gasteiger charge is -2.31. The van der Waals surface area contributed by atoms with Crippen molar-refractivity contribution in [3.8, 4) is 5.75 Å². The highest BCUT2D eigenvalue weighted by Crippen LogP contribution is 2.42. The number of hydrogen-bond acceptors (Lipinski definition) is 4. The number of esters is 1. The Balaban J connectivity index is 1.41. The maximum atomic E-state index is 13.8. The molecule has 0 radical (unpaired) electrons. The van der Waals surface area contributed by atoms with Crippen LogP contribution in [0, 0.1) is 5.82 Å². The molecule has 0 spiro atoms. The van der Waals surface area contributed by atoms with Crippen molar-refractivity contribution in [3.63, 3.8) is 0 Å². The molecule has 2 aliphatic heterocycles. The van der Waals surface area contributed by atoms with E-state index in [2.05, 4.69) is 0 Å². The van der Waals surface area contributed by atoms with E-state index in [9.17, 15) is 14.0 Å². The normalized spacial score (nSPS) is 17.9. The van der Waals surface area contributed by atoms with Crippen LogP contribution in [0.3, 0.4) is 0 Å². The first-order valence-corrected chi connectivity index (χ1v) is 10.4. The topological polar surface area (TPSA) is 55.8 Å². The molecular weight excluding hydrogens is 409 g/mol. The van der Waals surface area contributed by atoms with Gasteiger partial charge in [0.05, 0.1) is 17.0 Å². The molecule has 0 N–H and O–H groups in total. The standard InChI is InChI=1S/C26H20FNO4/c27-19-7-4-8-20(13-19)28-23-16-32-26(30)25(23)22(14-24(28)29)18-9-11-21(12-10-18)31-15-17-5-2-1-3-6-17/h1-13,22H,14-16H2. The van der Waals surface area contributed by atoms with Crippen molar-refractivity contribution < 1.29 is 23.5 Å². The number of ether oxygens (including phenoxy) is 2. The smallest absolute Gasteiger partial charge is 0.336 e. The molecule has 6 heteroatoms. The van der Waals surface area contributed by atoms with Gasteiger partial charge in [-0.15, -0.1) is 0 Å². The zero-order chi connectivity index (χ0) is 22.1. The van der Waals surface area contributed by atoms with Crippen LogP contribution in [0.1, 0.15) is 23.5 Å². The fourth-order valence-corrected chi connectivity index (χ4v) is 4.19. The predicted octanol–water partition coefficient (Wildman–Crippen LogP) is 4.74. The van der Waals surface area contributed by atoms with E-state index in [4.69, 9.17) is 9.47 Å². The number of hydrogen-bond donors (Lipinski definition) is 0. The van der Waals surface area contributed by atoms with Crippen LogP contribution in [-0.2, 0) is 20.9 Å². The molecule has 0 saturated carbocycles. The van der Waals surface area contributed by atoms with Crippen LogP contribution in [-0.4, -0.2) is 18.5 Å². The number of carbonyl (C=O) groups excluding carboxylic acids is 2. The molecule has 0 aromatic heterocycles. The largest absolute Gasteiger partial charge is 0.489 e. The van der Waals surface area contributed by atoms with E-state index in [0.29, 0.717) is 29.3 Å². The van der Waals surface area contributed by atoms with Gasteiger partial charge in [-0.1, -0.05) is 48.5 Å². The summed E-state index contributed by atoms with van der Waals surface area (Å²) >= 11 is 0. The van der Waals surface area contributed by atoms with E-state index in [1.807, 2.05) is 54.6 Å². The Morgan fingerprint density at radius 2 is 1.75 bits per heavy atom. The Morgan fingerprint density at radius 3 is 2.50 bits per heavy atom. The summed E-state index contributed by atoms with van der Waals surface area (Å²) in [7, 11) is 0. The van der Waals surface area contributed by atoms with Crippen LogP contribution in [0.15, 0.2) is 90.1 Å². The van der Waals surface area contributed by atoms with Crippen molar-refractivity contribution >= 4 is 17.6 Å². The molecule has 2 aliphatic rings. The Kier molecular flexibility index (Phi) is 5.19. The Bertz CT molecular complexity index is 1200. The Hall–Kier alpha value is -3.93. The van der Waals surface area contributed by atoms with Crippen molar-refractivity contribution in [1.82, 2.24) is 0 Å². The van der Waals surface area contributed by atoms with Crippen molar-refractivity contribution in [2.75, 3.05) is 11.5 Å². The van der Waals surface area contributed by atoms with Crippen molar-refractivity contribution in [2.24, 2.45) is 0 Å². The van der Waals surface area contributed by atoms with Gasteiger partial charge in [0.25, 0.3) is 0 Å². The van der Waals surface area contributed by atoms with Gasteiger partial charge >= 0.3 is 5.97 Å². The summed E-state index contributed by atoms with van der Waals surface area (Å²) in [5.74, 6) is -0.814. The van der Waals surface area contributed by atoms with Crippen molar-refractivity contribution in [2.45, 2.75) is 18.9 Å². The summed E-state index contributed by atoms with van der Waals surface area (Å²) in [6, 6.07) is 23.0. The molecule has 3 aromatic carbocycles. The minimum absolute atomic E-state index is 0.00874. The van der Waals surface area contributed by atoms with Gasteiger partial charge in [0.15, 0.2) is 0 Å². The molecule has 3 aromatic rings. The quantitative estimate of drug-likeness (QED) is 0.550. The van der Waals surface area contributed by atoms with Crippen LogP contribution in [0.2, 0.25) is 0 Å². The van der Waals surface area contributed by atoms with E-state index < -0.39 is 17.7 Å². The number of cyclic esters (lactones) is 1. The lowest BCUT2D eigenvalue weighted by atomic mass is 9.84. The number of nitrogens with zero attached hydrogens (tertiary/aromatic N) is 1. The molecule has 5 rings (SSSR count). The van der Waals surface area contributed by atoms with Gasteiger partial charge in [0, 0.05) is 12.3 Å². The maximum Gasteiger partial charge on any atom is 0.336 e. The minimum Gasteiger partial charge on any atom is -0.489 e. The summed E-state index contributed by atoms with van der Waals surface area (Å²) in [5.41, 5.74) is 3.22. The van der Waals surface area contributed by atoms with Crippen LogP contribution in [0.4, 0.5) is 10.1 Å². The second-order valence-corrected chi connectivity index (χ2v) is 7.75. The summed E-state index contributed by atoms with van der Waals surface area (Å²) in [6.45, 7) is 0.442. The Labute approximate surface area is 184 Å². The molecule has 2 heterocycles. The number of rotatable bonds is 5. The second kappa shape index (κ2) is 8.30. The second-order valence-electron chi connectivity index (χ2n) is 7.75. The number of carbonyl (C=O) groups is 2. The van der Waals surface area contributed by atoms with Gasteiger partial charge in [0.1, 0.15) is 24.8 Å². The zero-order valence-electron chi connectivity index (χ0n) is 17.2. The first-order chi connectivity index (χ1) is 15.6. The lowest BCUT2D eigenvalue weighted by Crippen LogP contribution is -2.37. The summed E-state index contributed by atoms with van der Waals surface area (Å²) in [6.07, 6.45) is 0.0919. The summed E-state index contributed by atoms with van der Waals surface area (Å²) < 4.78 is 24.9. The van der Waals surface area contributed by atoms with Crippen molar-refractivity contribution in [3.05, 3.63) is 107 Å². The van der Waals surface area contributed by atoms with Gasteiger partial charge in [-0.3, -0.25) is 9.69 Å². The van der Waals surface area contributed by atoms with Gasteiger partial charge in [0.2, 0.25) is 5.91 Å². The highest BCUT2D eigenvalue weighted by molar-refractivity contribution is 6.06. The first-order valence-electron chi connectivity index (χ1n) is 10.4. The van der Waals surface area contributed by atoms with Crippen LogP contribution in [0.25, 0.3) is 0 Å². The van der Waals surface area contributed by atoms with E-state index in [-0.39, 0.29) is 18.9 Å². The monoisotopic (exact) mass is 429 g/mol. The van der Waals surface area contributed by atoms with E-state index >= 15 is 0 Å². The van der Waals surface area contributed by atoms with Gasteiger partial charge < -0.3 is 9.47 Å². The number of halogens is 1. The summed E-state index contributed by atoms with van der Waals surface area (Å²) in [4.78, 5) is 27.0. The first kappa shape index (κ1) is 20.0. The molecule has 1 unspecified atom stereocenters. The average Bonchev–Trinajstić information content (AvgIpc) is 3.19. The molecule has 32 heavy (non-hydrogen) atoms. The molecule has 0 fully saturated rings. The van der Waals surface area contributed by atoms with Crippen LogP contribution < -0.4 is 9.64 Å². The predicted molar refractivity (Wildman–Crippen MR) is 116 cm³/mol. The van der Waals surface area contributed by atoms with Crippen LogP contribution >= 0.6 is 0 Å². The SMILES string of the molecule is O=C1OCC2=C1C(c1ccc(OCc3ccccc3)cc1)CC(=O)N2c1cccc(F)c1. The highest BCUT2D eigenvalue weighted by Gasteiger charge is 2.43. The fourth-order valence-electron chi connectivity index (χ4n) is 4.19. The average molecular weight is 429 g/mol. The van der Waals surface area contributed by atoms with E-state index in [1.165, 1.54) is 23.1 Å². The van der Waals surface area contributed by atoms with Gasteiger partial charge in [-0.05, 0) is 41.5 Å². The molecule has 1 atom stereocenters. The molecular formula is C26H20FNO4. The zero-order valence-corrected chi connectivity index (χ0v) is 17.2. The number of anilines is 1. The molecule has 0 aliphatic carbocycles. The highest BCUT2D eigenvalue weighted by atomic mass is 19.1. The molecule has 0 saturated heterocycles. The Morgan fingerprint density at radius 1 is 0.969 bits per heavy atom. The third kappa shape index (κ3) is 3.75. The van der Waals surface area contributed by atoms with Crippen LogP contribution in [0.5, 0.6) is 5.75 Å². The minimum atomic E-state index is -0.448. The van der Waals surface area contributed by atoms with E-state index in [1.54, 1.807) is 6.07 Å². The lowest BCUT2D eigenvalue weighted by molar-refractivity contribution is -0.136. The molecule has 1 amide bonds. The van der Waals surface area contributed by atoms with Gasteiger partial charge in [-0.25, -0.2) is 9.18 Å². The number of benzene rings is 3. The third-order valence-corrected chi connectivity index (χ3v) is 5.71. The third-order valence-electron chi connectivity index (χ3n) is 5.71. The maximum absolute atomic E-state index is 13.8. The molecule has 0 bridgehead atoms. The molecule has 5 nitrogen and oxygen atoms in total. The van der Waals surface area contributed by atoms with Crippen molar-refractivity contribution in [1.29, 1.82) is 0 Å². The van der Waals surface area contributed by atoms with E-state index in [0.717, 1.165) is 11.1 Å². The van der Waals surface area contributed by atoms with Gasteiger partial charge in [-0.2, -0.15) is 0 Å². The number of amides is 1.